The molecule has 1 heterocycles. The van der Waals surface area contributed by atoms with Crippen LogP contribution in [-0.4, -0.2) is 32.0 Å². The van der Waals surface area contributed by atoms with Gasteiger partial charge in [0.2, 0.25) is 0 Å². The Morgan fingerprint density at radius 1 is 1.00 bits per heavy atom. The van der Waals surface area contributed by atoms with Crippen LogP contribution in [0.25, 0.3) is 0 Å². The fraction of sp³-hybridized carbons (Fsp3) is 1.00. The maximum Gasteiger partial charge on any atom is 0.407 e. The predicted molar refractivity (Wildman–Crippen MR) is 51.7 cm³/mol. The molecule has 0 aromatic heterocycles. The van der Waals surface area contributed by atoms with Gasteiger partial charge in [-0.25, -0.2) is 9.24 Å². The fourth-order valence-electron chi connectivity index (χ4n) is 1.60. The van der Waals surface area contributed by atoms with Crippen LogP contribution in [0.1, 0.15) is 25.7 Å². The monoisotopic (exact) mass is 207 g/mol. The lowest BCUT2D eigenvalue weighted by Crippen LogP contribution is -2.22. The van der Waals surface area contributed by atoms with Crippen molar-refractivity contribution in [3.05, 3.63) is 0 Å². The molecule has 0 radical (unpaired) electrons. The molecule has 0 spiro atoms. The van der Waals surface area contributed by atoms with Crippen molar-refractivity contribution in [2.45, 2.75) is 25.7 Å². The molecule has 0 aromatic rings. The second kappa shape index (κ2) is 5.11. The number of nitrogens with zero attached hydrogens (tertiary/aromatic N) is 1. The Labute approximate surface area is 79.8 Å². The van der Waals surface area contributed by atoms with Crippen LogP contribution in [0.4, 0.5) is 0 Å². The molecule has 0 aromatic carbocycles. The van der Waals surface area contributed by atoms with E-state index in [-0.39, 0.29) is 0 Å². The van der Waals surface area contributed by atoms with Crippen LogP contribution >= 0.6 is 7.75 Å². The van der Waals surface area contributed by atoms with Gasteiger partial charge in [0, 0.05) is 27.3 Å². The molecule has 1 aliphatic heterocycles. The van der Waals surface area contributed by atoms with Crippen molar-refractivity contribution >= 4 is 7.75 Å². The van der Waals surface area contributed by atoms with Crippen LogP contribution in [0, 0.1) is 0 Å². The number of hydrogen-bond acceptors (Lipinski definition) is 3. The van der Waals surface area contributed by atoms with Crippen molar-refractivity contribution in [2.24, 2.45) is 0 Å². The van der Waals surface area contributed by atoms with E-state index in [4.69, 9.17) is 9.05 Å². The summed E-state index contributed by atoms with van der Waals surface area (Å²) in [4.78, 5) is 0. The highest BCUT2D eigenvalue weighted by Gasteiger charge is 2.31. The molecule has 0 amide bonds. The van der Waals surface area contributed by atoms with E-state index in [0.29, 0.717) is 0 Å². The second-order valence-electron chi connectivity index (χ2n) is 3.20. The highest BCUT2D eigenvalue weighted by atomic mass is 31.2. The molecule has 0 bridgehead atoms. The van der Waals surface area contributed by atoms with E-state index in [2.05, 4.69) is 0 Å². The third kappa shape index (κ3) is 2.78. The molecule has 0 atom stereocenters. The molecule has 0 aliphatic carbocycles. The average Bonchev–Trinajstić information content (AvgIpc) is 2.45. The summed E-state index contributed by atoms with van der Waals surface area (Å²) >= 11 is 0. The first-order chi connectivity index (χ1) is 6.23. The third-order valence-corrected chi connectivity index (χ3v) is 4.41. The van der Waals surface area contributed by atoms with E-state index < -0.39 is 7.75 Å². The maximum atomic E-state index is 11.9. The number of hydrogen-bond donors (Lipinski definition) is 0. The van der Waals surface area contributed by atoms with Gasteiger partial charge in [0.25, 0.3) is 0 Å². The molecule has 4 nitrogen and oxygen atoms in total. The van der Waals surface area contributed by atoms with E-state index in [9.17, 15) is 4.57 Å². The quantitative estimate of drug-likeness (QED) is 0.665. The van der Waals surface area contributed by atoms with Crippen molar-refractivity contribution in [2.75, 3.05) is 27.3 Å². The van der Waals surface area contributed by atoms with Crippen molar-refractivity contribution in [3.8, 4) is 0 Å². The fourth-order valence-corrected chi connectivity index (χ4v) is 2.99. The summed E-state index contributed by atoms with van der Waals surface area (Å²) in [6.45, 7) is 1.64. The summed E-state index contributed by atoms with van der Waals surface area (Å²) in [6, 6.07) is 0. The topological polar surface area (TPSA) is 38.8 Å². The lowest BCUT2D eigenvalue weighted by Gasteiger charge is -2.26. The van der Waals surface area contributed by atoms with Gasteiger partial charge in [-0.2, -0.15) is 0 Å². The largest absolute Gasteiger partial charge is 0.407 e. The summed E-state index contributed by atoms with van der Waals surface area (Å²) in [5.74, 6) is 0. The molecule has 1 fully saturated rings. The highest BCUT2D eigenvalue weighted by Crippen LogP contribution is 2.50. The van der Waals surface area contributed by atoms with Gasteiger partial charge >= 0.3 is 7.75 Å². The molecule has 1 rings (SSSR count). The minimum Gasteiger partial charge on any atom is -0.300 e. The first kappa shape index (κ1) is 11.2. The Kier molecular flexibility index (Phi) is 4.39. The highest BCUT2D eigenvalue weighted by molar-refractivity contribution is 7.51. The minimum absolute atomic E-state index is 0.818. The second-order valence-corrected chi connectivity index (χ2v) is 5.43. The molecule has 1 aliphatic rings. The summed E-state index contributed by atoms with van der Waals surface area (Å²) in [6.07, 6.45) is 4.58. The van der Waals surface area contributed by atoms with Crippen LogP contribution in [0.5, 0.6) is 0 Å². The standard InChI is InChI=1S/C8H18NO3P/c1-11-13(10,12-2)9-7-5-3-4-6-8-9/h3-8H2,1-2H3. The summed E-state index contributed by atoms with van der Waals surface area (Å²) in [7, 11) is -0.0717. The lowest BCUT2D eigenvalue weighted by molar-refractivity contribution is 0.209. The van der Waals surface area contributed by atoms with Gasteiger partial charge in [0.05, 0.1) is 0 Å². The van der Waals surface area contributed by atoms with Gasteiger partial charge in [-0.15, -0.1) is 0 Å². The molecular formula is C8H18NO3P. The van der Waals surface area contributed by atoms with Crippen LogP contribution in [-0.2, 0) is 13.6 Å². The normalized spacial score (nSPS) is 21.4. The van der Waals surface area contributed by atoms with Crippen molar-refractivity contribution in [1.29, 1.82) is 0 Å². The zero-order valence-corrected chi connectivity index (χ0v) is 9.26. The molecule has 0 N–H and O–H groups in total. The summed E-state index contributed by atoms with van der Waals surface area (Å²) in [5, 5.41) is 0. The Bertz CT molecular complexity index is 182. The molecule has 13 heavy (non-hydrogen) atoms. The molecule has 1 saturated heterocycles. The molecular weight excluding hydrogens is 189 g/mol. The molecule has 5 heteroatoms. The van der Waals surface area contributed by atoms with Crippen molar-refractivity contribution < 1.29 is 13.6 Å². The van der Waals surface area contributed by atoms with E-state index in [1.165, 1.54) is 27.1 Å². The first-order valence-corrected chi connectivity index (χ1v) is 6.19. The summed E-state index contributed by atoms with van der Waals surface area (Å²) in [5.41, 5.74) is 0. The predicted octanol–water partition coefficient (Wildman–Crippen LogP) is 2.26. The zero-order chi connectivity index (χ0) is 9.73. The van der Waals surface area contributed by atoms with Gasteiger partial charge < -0.3 is 0 Å². The van der Waals surface area contributed by atoms with E-state index in [0.717, 1.165) is 25.9 Å². The van der Waals surface area contributed by atoms with Crippen LogP contribution in [0.15, 0.2) is 0 Å². The van der Waals surface area contributed by atoms with E-state index >= 15 is 0 Å². The van der Waals surface area contributed by atoms with Gasteiger partial charge in [-0.1, -0.05) is 12.8 Å². The Morgan fingerprint density at radius 2 is 1.46 bits per heavy atom. The Balaban J connectivity index is 2.61. The zero-order valence-electron chi connectivity index (χ0n) is 8.36. The SMILES string of the molecule is COP(=O)(OC)N1CCCCCC1. The van der Waals surface area contributed by atoms with Gasteiger partial charge in [-0.05, 0) is 12.8 Å². The maximum absolute atomic E-state index is 11.9. The Hall–Kier alpha value is 0.110. The molecule has 0 saturated carbocycles. The van der Waals surface area contributed by atoms with Crippen LogP contribution in [0.2, 0.25) is 0 Å². The Morgan fingerprint density at radius 3 is 1.85 bits per heavy atom. The first-order valence-electron chi connectivity index (χ1n) is 4.70. The molecule has 78 valence electrons. The smallest absolute Gasteiger partial charge is 0.300 e. The van der Waals surface area contributed by atoms with Crippen molar-refractivity contribution in [3.63, 3.8) is 0 Å². The van der Waals surface area contributed by atoms with Gasteiger partial charge in [0.1, 0.15) is 0 Å². The van der Waals surface area contributed by atoms with E-state index in [1.54, 1.807) is 0 Å². The summed E-state index contributed by atoms with van der Waals surface area (Å²) < 4.78 is 23.7. The molecule has 0 unspecified atom stereocenters. The lowest BCUT2D eigenvalue weighted by atomic mass is 10.2. The van der Waals surface area contributed by atoms with Crippen molar-refractivity contribution in [1.82, 2.24) is 4.67 Å². The van der Waals surface area contributed by atoms with Gasteiger partial charge in [-0.3, -0.25) is 9.05 Å². The van der Waals surface area contributed by atoms with E-state index in [1.807, 2.05) is 4.67 Å². The van der Waals surface area contributed by atoms with Crippen LogP contribution in [0.3, 0.4) is 0 Å². The van der Waals surface area contributed by atoms with Gasteiger partial charge in [0.15, 0.2) is 0 Å². The third-order valence-electron chi connectivity index (χ3n) is 2.39. The minimum atomic E-state index is -2.95. The van der Waals surface area contributed by atoms with Crippen LogP contribution < -0.4 is 0 Å². The number of rotatable bonds is 3. The average molecular weight is 207 g/mol.